The molecule has 1 aromatic heterocycles. The normalized spacial score (nSPS) is 18.2. The molecule has 6 heteroatoms. The van der Waals surface area contributed by atoms with Gasteiger partial charge in [-0.15, -0.1) is 0 Å². The van der Waals surface area contributed by atoms with Crippen LogP contribution in [0.15, 0.2) is 12.3 Å². The second-order valence-corrected chi connectivity index (χ2v) is 4.75. The van der Waals surface area contributed by atoms with E-state index in [0.29, 0.717) is 18.5 Å². The van der Waals surface area contributed by atoms with Gasteiger partial charge in [0.15, 0.2) is 0 Å². The van der Waals surface area contributed by atoms with Gasteiger partial charge in [0.2, 0.25) is 5.91 Å². The highest BCUT2D eigenvalue weighted by atomic mass is 16.4. The Bertz CT molecular complexity index is 422. The van der Waals surface area contributed by atoms with Gasteiger partial charge in [-0.3, -0.25) is 9.89 Å². The molecule has 18 heavy (non-hydrogen) atoms. The number of carbonyl (C=O) groups excluding carboxylic acids is 1. The van der Waals surface area contributed by atoms with Crippen molar-refractivity contribution in [2.45, 2.75) is 44.1 Å². The number of aliphatic carboxylic acids is 1. The first kappa shape index (κ1) is 12.6. The van der Waals surface area contributed by atoms with Gasteiger partial charge >= 0.3 is 5.97 Å². The first-order valence-corrected chi connectivity index (χ1v) is 6.15. The van der Waals surface area contributed by atoms with Gasteiger partial charge in [-0.05, 0) is 18.9 Å². The molecule has 1 aliphatic carbocycles. The number of H-pyrrole nitrogens is 1. The van der Waals surface area contributed by atoms with E-state index in [9.17, 15) is 14.7 Å². The molecule has 1 aromatic rings. The van der Waals surface area contributed by atoms with Gasteiger partial charge in [0.25, 0.3) is 0 Å². The molecule has 0 unspecified atom stereocenters. The molecule has 0 radical (unpaired) electrons. The molecule has 1 amide bonds. The third-order valence-electron chi connectivity index (χ3n) is 3.40. The van der Waals surface area contributed by atoms with Crippen LogP contribution in [0.1, 0.15) is 37.8 Å². The molecule has 0 aliphatic heterocycles. The van der Waals surface area contributed by atoms with Crippen LogP contribution in [0.4, 0.5) is 0 Å². The summed E-state index contributed by atoms with van der Waals surface area (Å²) in [7, 11) is 0. The topological polar surface area (TPSA) is 95.1 Å². The lowest BCUT2D eigenvalue weighted by Crippen LogP contribution is -2.56. The van der Waals surface area contributed by atoms with Crippen molar-refractivity contribution in [2.24, 2.45) is 0 Å². The molecule has 6 nitrogen and oxygen atoms in total. The van der Waals surface area contributed by atoms with Crippen molar-refractivity contribution < 1.29 is 14.7 Å². The Balaban J connectivity index is 2.00. The van der Waals surface area contributed by atoms with Crippen molar-refractivity contribution in [1.29, 1.82) is 0 Å². The Morgan fingerprint density at radius 3 is 2.67 bits per heavy atom. The van der Waals surface area contributed by atoms with Crippen LogP contribution in [0.25, 0.3) is 0 Å². The van der Waals surface area contributed by atoms with Crippen molar-refractivity contribution in [2.75, 3.05) is 0 Å². The zero-order valence-corrected chi connectivity index (χ0v) is 10.1. The fourth-order valence-corrected chi connectivity index (χ4v) is 2.41. The highest BCUT2D eigenvalue weighted by molar-refractivity contribution is 5.87. The Morgan fingerprint density at radius 1 is 1.39 bits per heavy atom. The summed E-state index contributed by atoms with van der Waals surface area (Å²) in [6, 6.07) is 1.70. The lowest BCUT2D eigenvalue weighted by molar-refractivity contribution is -0.149. The monoisotopic (exact) mass is 251 g/mol. The Labute approximate surface area is 105 Å². The molecular weight excluding hydrogens is 234 g/mol. The van der Waals surface area contributed by atoms with E-state index in [-0.39, 0.29) is 12.3 Å². The number of hydrogen-bond donors (Lipinski definition) is 3. The smallest absolute Gasteiger partial charge is 0.329 e. The number of amides is 1. The van der Waals surface area contributed by atoms with E-state index >= 15 is 0 Å². The quantitative estimate of drug-likeness (QED) is 0.739. The molecule has 3 N–H and O–H groups in total. The number of aromatic amines is 1. The van der Waals surface area contributed by atoms with Crippen molar-refractivity contribution in [1.82, 2.24) is 15.5 Å². The van der Waals surface area contributed by atoms with E-state index in [4.69, 9.17) is 0 Å². The van der Waals surface area contributed by atoms with Crippen molar-refractivity contribution in [3.63, 3.8) is 0 Å². The first-order valence-electron chi connectivity index (χ1n) is 6.15. The van der Waals surface area contributed by atoms with Crippen molar-refractivity contribution in [3.8, 4) is 0 Å². The maximum atomic E-state index is 11.9. The van der Waals surface area contributed by atoms with Crippen molar-refractivity contribution in [3.05, 3.63) is 18.0 Å². The van der Waals surface area contributed by atoms with Crippen LogP contribution in [0.2, 0.25) is 0 Å². The number of carboxylic acids is 1. The average Bonchev–Trinajstić information content (AvgIpc) is 2.82. The van der Waals surface area contributed by atoms with E-state index in [1.54, 1.807) is 12.3 Å². The maximum absolute atomic E-state index is 11.9. The van der Waals surface area contributed by atoms with E-state index in [1.807, 2.05) is 0 Å². The summed E-state index contributed by atoms with van der Waals surface area (Å²) in [5, 5.41) is 18.5. The number of carbonyl (C=O) groups is 2. The Kier molecular flexibility index (Phi) is 3.64. The average molecular weight is 251 g/mol. The lowest BCUT2D eigenvalue weighted by atomic mass is 9.81. The lowest BCUT2D eigenvalue weighted by Gasteiger charge is -2.33. The zero-order valence-electron chi connectivity index (χ0n) is 10.1. The number of hydrogen-bond acceptors (Lipinski definition) is 3. The van der Waals surface area contributed by atoms with E-state index in [2.05, 4.69) is 15.5 Å². The van der Waals surface area contributed by atoms with Crippen LogP contribution < -0.4 is 5.32 Å². The molecule has 1 fully saturated rings. The predicted octanol–water partition coefficient (Wildman–Crippen LogP) is 0.856. The molecule has 0 spiro atoms. The fraction of sp³-hybridized carbons (Fsp3) is 0.583. The molecule has 1 aliphatic rings. The minimum atomic E-state index is -1.07. The van der Waals surface area contributed by atoms with Crippen LogP contribution in [0.3, 0.4) is 0 Å². The summed E-state index contributed by atoms with van der Waals surface area (Å²) < 4.78 is 0. The molecule has 0 atom stereocenters. The third kappa shape index (κ3) is 2.69. The first-order chi connectivity index (χ1) is 8.62. The van der Waals surface area contributed by atoms with E-state index in [1.165, 1.54) is 0 Å². The highest BCUT2D eigenvalue weighted by Gasteiger charge is 2.40. The summed E-state index contributed by atoms with van der Waals surface area (Å²) in [6.45, 7) is 0. The summed E-state index contributed by atoms with van der Waals surface area (Å²) in [5.41, 5.74) is -0.390. The van der Waals surface area contributed by atoms with Crippen LogP contribution in [-0.4, -0.2) is 32.7 Å². The maximum Gasteiger partial charge on any atom is 0.329 e. The predicted molar refractivity (Wildman–Crippen MR) is 63.9 cm³/mol. The molecule has 2 rings (SSSR count). The van der Waals surface area contributed by atoms with E-state index in [0.717, 1.165) is 19.3 Å². The standard InChI is InChI=1S/C12H17N3O3/c16-10(8-9-4-7-13-15-9)14-12(11(17)18)5-2-1-3-6-12/h4,7H,1-3,5-6,8H2,(H,13,15)(H,14,16)(H,17,18). The van der Waals surface area contributed by atoms with Gasteiger partial charge < -0.3 is 10.4 Å². The zero-order chi connectivity index (χ0) is 13.0. The number of aromatic nitrogens is 2. The van der Waals surface area contributed by atoms with Crippen LogP contribution in [0.5, 0.6) is 0 Å². The second kappa shape index (κ2) is 5.20. The Hall–Kier alpha value is -1.85. The molecule has 1 heterocycles. The van der Waals surface area contributed by atoms with Gasteiger partial charge in [-0.25, -0.2) is 4.79 Å². The van der Waals surface area contributed by atoms with Crippen LogP contribution in [0, 0.1) is 0 Å². The number of nitrogens with zero attached hydrogens (tertiary/aromatic N) is 1. The minimum absolute atomic E-state index is 0.134. The van der Waals surface area contributed by atoms with Crippen LogP contribution in [-0.2, 0) is 16.0 Å². The third-order valence-corrected chi connectivity index (χ3v) is 3.40. The molecule has 0 bridgehead atoms. The van der Waals surface area contributed by atoms with Gasteiger partial charge in [-0.1, -0.05) is 19.3 Å². The highest BCUT2D eigenvalue weighted by Crippen LogP contribution is 2.28. The van der Waals surface area contributed by atoms with Crippen molar-refractivity contribution >= 4 is 11.9 Å². The minimum Gasteiger partial charge on any atom is -0.480 e. The van der Waals surface area contributed by atoms with Gasteiger partial charge in [-0.2, -0.15) is 5.10 Å². The summed E-state index contributed by atoms with van der Waals surface area (Å²) in [4.78, 5) is 23.2. The summed E-state index contributed by atoms with van der Waals surface area (Å²) in [6.07, 6.45) is 5.44. The van der Waals surface area contributed by atoms with E-state index < -0.39 is 11.5 Å². The fourth-order valence-electron chi connectivity index (χ4n) is 2.41. The van der Waals surface area contributed by atoms with Gasteiger partial charge in [0.1, 0.15) is 5.54 Å². The number of carboxylic acid groups (broad SMARTS) is 1. The summed E-state index contributed by atoms with van der Waals surface area (Å²) >= 11 is 0. The largest absolute Gasteiger partial charge is 0.480 e. The number of rotatable bonds is 4. The van der Waals surface area contributed by atoms with Crippen LogP contribution >= 0.6 is 0 Å². The molecule has 0 aromatic carbocycles. The Morgan fingerprint density at radius 2 is 2.11 bits per heavy atom. The molecule has 0 saturated heterocycles. The molecular formula is C12H17N3O3. The van der Waals surface area contributed by atoms with Gasteiger partial charge in [0, 0.05) is 11.9 Å². The number of nitrogens with one attached hydrogen (secondary N) is 2. The molecule has 98 valence electrons. The summed E-state index contributed by atoms with van der Waals surface area (Å²) in [5.74, 6) is -1.20. The van der Waals surface area contributed by atoms with Gasteiger partial charge in [0.05, 0.1) is 6.42 Å². The SMILES string of the molecule is O=C(Cc1ccn[nH]1)NC1(C(=O)O)CCCCC1. The second-order valence-electron chi connectivity index (χ2n) is 4.75. The molecule has 1 saturated carbocycles.